The van der Waals surface area contributed by atoms with E-state index in [-0.39, 0.29) is 10.7 Å². The van der Waals surface area contributed by atoms with Crippen LogP contribution in [0.3, 0.4) is 0 Å². The maximum atomic E-state index is 12.9. The summed E-state index contributed by atoms with van der Waals surface area (Å²) in [7, 11) is -3.77. The van der Waals surface area contributed by atoms with Crippen LogP contribution in [0, 0.1) is 6.92 Å². The van der Waals surface area contributed by atoms with Gasteiger partial charge in [-0.2, -0.15) is 0 Å². The summed E-state index contributed by atoms with van der Waals surface area (Å²) in [6.07, 6.45) is 8.02. The van der Waals surface area contributed by atoms with E-state index in [4.69, 9.17) is 0 Å². The molecule has 3 aromatic rings. The molecule has 0 radical (unpaired) electrons. The Morgan fingerprint density at radius 3 is 2.30 bits per heavy atom. The number of para-hydroxylation sites is 2. The van der Waals surface area contributed by atoms with Crippen LogP contribution in [0.25, 0.3) is 11.0 Å². The van der Waals surface area contributed by atoms with E-state index >= 15 is 0 Å². The maximum Gasteiger partial charge on any atom is 0.263 e. The lowest BCUT2D eigenvalue weighted by Crippen LogP contribution is -2.17. The highest BCUT2D eigenvalue weighted by molar-refractivity contribution is 7.92. The summed E-state index contributed by atoms with van der Waals surface area (Å²) in [5.41, 5.74) is 3.80. The van der Waals surface area contributed by atoms with Gasteiger partial charge in [-0.1, -0.05) is 41.5 Å². The Balaban J connectivity index is 1.60. The van der Waals surface area contributed by atoms with Crippen LogP contribution in [0.2, 0.25) is 0 Å². The molecule has 0 fully saturated rings. The minimum atomic E-state index is -3.77. The normalized spacial score (nSPS) is 14.4. The van der Waals surface area contributed by atoms with Crippen LogP contribution in [0.5, 0.6) is 0 Å². The van der Waals surface area contributed by atoms with E-state index in [1.165, 1.54) is 18.4 Å². The standard InChI is InChI=1S/C23H26N4O2S/c1-17-11-13-19(14-12-17)30(28,29)27-23-22(24-16-15-18-7-3-2-4-8-18)25-20-9-5-6-10-21(20)26-23/h5-7,9-14H,2-4,8,15-16H2,1H3,(H,24,25)(H,26,27). The summed E-state index contributed by atoms with van der Waals surface area (Å²) in [6, 6.07) is 14.2. The first-order chi connectivity index (χ1) is 14.5. The number of nitrogens with zero attached hydrogens (tertiary/aromatic N) is 2. The second-order valence-electron chi connectivity index (χ2n) is 7.61. The predicted octanol–water partition coefficient (Wildman–Crippen LogP) is 5.04. The van der Waals surface area contributed by atoms with Gasteiger partial charge in [0.2, 0.25) is 0 Å². The summed E-state index contributed by atoms with van der Waals surface area (Å²) in [5.74, 6) is 0.660. The smallest absolute Gasteiger partial charge is 0.263 e. The van der Waals surface area contributed by atoms with Crippen LogP contribution < -0.4 is 10.0 Å². The average molecular weight is 423 g/mol. The van der Waals surface area contributed by atoms with Crippen LogP contribution in [-0.2, 0) is 10.0 Å². The number of aryl methyl sites for hydroxylation is 1. The second kappa shape index (κ2) is 8.83. The molecule has 2 aromatic carbocycles. The number of aromatic nitrogens is 2. The van der Waals surface area contributed by atoms with E-state index in [1.54, 1.807) is 24.3 Å². The van der Waals surface area contributed by atoms with E-state index in [0.717, 1.165) is 30.3 Å². The molecule has 0 bridgehead atoms. The zero-order valence-corrected chi connectivity index (χ0v) is 17.9. The van der Waals surface area contributed by atoms with Gasteiger partial charge in [-0.05, 0) is 63.3 Å². The van der Waals surface area contributed by atoms with Crippen molar-refractivity contribution >= 4 is 32.7 Å². The highest BCUT2D eigenvalue weighted by atomic mass is 32.2. The Kier molecular flexibility index (Phi) is 5.99. The van der Waals surface area contributed by atoms with Crippen LogP contribution in [0.4, 0.5) is 11.6 Å². The maximum absolute atomic E-state index is 12.9. The largest absolute Gasteiger partial charge is 0.367 e. The Bertz CT molecular complexity index is 1170. The highest BCUT2D eigenvalue weighted by Gasteiger charge is 2.19. The topological polar surface area (TPSA) is 84.0 Å². The van der Waals surface area contributed by atoms with Crippen LogP contribution in [0.15, 0.2) is 65.1 Å². The quantitative estimate of drug-likeness (QED) is 0.521. The molecule has 1 aliphatic rings. The van der Waals surface area contributed by atoms with Crippen molar-refractivity contribution in [1.82, 2.24) is 9.97 Å². The zero-order chi connectivity index (χ0) is 21.0. The van der Waals surface area contributed by atoms with E-state index in [0.29, 0.717) is 17.9 Å². The van der Waals surface area contributed by atoms with E-state index < -0.39 is 10.0 Å². The van der Waals surface area contributed by atoms with Gasteiger partial charge >= 0.3 is 0 Å². The number of anilines is 2. The third-order valence-corrected chi connectivity index (χ3v) is 6.61. The highest BCUT2D eigenvalue weighted by Crippen LogP contribution is 2.25. The molecule has 30 heavy (non-hydrogen) atoms. The first kappa shape index (κ1) is 20.3. The van der Waals surface area contributed by atoms with Crippen molar-refractivity contribution in [2.45, 2.75) is 43.9 Å². The molecule has 0 atom stereocenters. The lowest BCUT2D eigenvalue weighted by Gasteiger charge is -2.16. The molecule has 1 heterocycles. The summed E-state index contributed by atoms with van der Waals surface area (Å²) in [6.45, 7) is 2.60. The van der Waals surface area contributed by atoms with E-state index in [2.05, 4.69) is 26.1 Å². The van der Waals surface area contributed by atoms with Crippen molar-refractivity contribution in [2.24, 2.45) is 0 Å². The number of rotatable bonds is 7. The molecule has 2 N–H and O–H groups in total. The zero-order valence-electron chi connectivity index (χ0n) is 17.1. The monoisotopic (exact) mass is 422 g/mol. The Hall–Kier alpha value is -2.93. The predicted molar refractivity (Wildman–Crippen MR) is 121 cm³/mol. The van der Waals surface area contributed by atoms with Crippen molar-refractivity contribution < 1.29 is 8.42 Å². The molecule has 7 heteroatoms. The summed E-state index contributed by atoms with van der Waals surface area (Å²) in [5, 5.41) is 3.29. The molecule has 4 rings (SSSR count). The fourth-order valence-electron chi connectivity index (χ4n) is 3.57. The lowest BCUT2D eigenvalue weighted by atomic mass is 9.97. The first-order valence-electron chi connectivity index (χ1n) is 10.3. The van der Waals surface area contributed by atoms with Crippen molar-refractivity contribution in [3.63, 3.8) is 0 Å². The summed E-state index contributed by atoms with van der Waals surface area (Å²) < 4.78 is 28.4. The molecule has 0 saturated heterocycles. The molecule has 0 unspecified atom stereocenters. The van der Waals surface area contributed by atoms with Crippen molar-refractivity contribution in [2.75, 3.05) is 16.6 Å². The van der Waals surface area contributed by atoms with Gasteiger partial charge in [0, 0.05) is 6.54 Å². The second-order valence-corrected chi connectivity index (χ2v) is 9.30. The SMILES string of the molecule is Cc1ccc(S(=O)(=O)Nc2nc3ccccc3nc2NCCC2=CCCCC2)cc1. The molecular weight excluding hydrogens is 396 g/mol. The lowest BCUT2D eigenvalue weighted by molar-refractivity contribution is 0.601. The third kappa shape index (κ3) is 4.79. The molecule has 0 spiro atoms. The van der Waals surface area contributed by atoms with Crippen molar-refractivity contribution in [1.29, 1.82) is 0 Å². The molecule has 156 valence electrons. The molecule has 1 aromatic heterocycles. The number of hydrogen-bond acceptors (Lipinski definition) is 5. The third-order valence-electron chi connectivity index (χ3n) is 5.26. The van der Waals surface area contributed by atoms with Gasteiger partial charge in [0.25, 0.3) is 10.0 Å². The van der Waals surface area contributed by atoms with Gasteiger partial charge in [0.1, 0.15) is 0 Å². The molecule has 6 nitrogen and oxygen atoms in total. The van der Waals surface area contributed by atoms with Crippen LogP contribution in [-0.4, -0.2) is 24.9 Å². The number of hydrogen-bond donors (Lipinski definition) is 2. The molecular formula is C23H26N4O2S. The summed E-state index contributed by atoms with van der Waals surface area (Å²) >= 11 is 0. The van der Waals surface area contributed by atoms with Gasteiger partial charge in [0.15, 0.2) is 11.6 Å². The van der Waals surface area contributed by atoms with E-state index in [9.17, 15) is 8.42 Å². The molecule has 0 saturated carbocycles. The Labute approximate surface area is 177 Å². The fraction of sp³-hybridized carbons (Fsp3) is 0.304. The van der Waals surface area contributed by atoms with E-state index in [1.807, 2.05) is 31.2 Å². The number of allylic oxidation sites excluding steroid dienone is 1. The van der Waals surface area contributed by atoms with Gasteiger partial charge < -0.3 is 5.32 Å². The first-order valence-corrected chi connectivity index (χ1v) is 11.8. The number of benzene rings is 2. The van der Waals surface area contributed by atoms with Crippen LogP contribution in [0.1, 0.15) is 37.7 Å². The van der Waals surface area contributed by atoms with Gasteiger partial charge in [-0.25, -0.2) is 18.4 Å². The fourth-order valence-corrected chi connectivity index (χ4v) is 4.58. The summed E-state index contributed by atoms with van der Waals surface area (Å²) in [4.78, 5) is 9.36. The van der Waals surface area contributed by atoms with Gasteiger partial charge in [0.05, 0.1) is 15.9 Å². The number of fused-ring (bicyclic) bond motifs is 1. The molecule has 1 aliphatic carbocycles. The average Bonchev–Trinajstić information content (AvgIpc) is 2.75. The Morgan fingerprint density at radius 2 is 1.63 bits per heavy atom. The minimum absolute atomic E-state index is 0.196. The van der Waals surface area contributed by atoms with Crippen molar-refractivity contribution in [3.05, 3.63) is 65.7 Å². The molecule has 0 amide bonds. The van der Waals surface area contributed by atoms with Gasteiger partial charge in [-0.15, -0.1) is 0 Å². The number of sulfonamides is 1. The van der Waals surface area contributed by atoms with Crippen LogP contribution >= 0.6 is 0 Å². The molecule has 0 aliphatic heterocycles. The number of nitrogens with one attached hydrogen (secondary N) is 2. The van der Waals surface area contributed by atoms with Gasteiger partial charge in [-0.3, -0.25) is 4.72 Å². The van der Waals surface area contributed by atoms with Crippen molar-refractivity contribution in [3.8, 4) is 0 Å². The minimum Gasteiger partial charge on any atom is -0.367 e. The Morgan fingerprint density at radius 1 is 0.933 bits per heavy atom.